The molecule has 0 unspecified atom stereocenters. The largest absolute Gasteiger partial charge is 0.497 e. The lowest BCUT2D eigenvalue weighted by atomic mass is 10.2. The van der Waals surface area contributed by atoms with Gasteiger partial charge in [-0.2, -0.15) is 0 Å². The highest BCUT2D eigenvalue weighted by atomic mass is 16.6. The average molecular weight is 290 g/mol. The maximum atomic E-state index is 12.5. The van der Waals surface area contributed by atoms with Gasteiger partial charge in [0.25, 0.3) is 0 Å². The van der Waals surface area contributed by atoms with Crippen LogP contribution in [0.3, 0.4) is 0 Å². The van der Waals surface area contributed by atoms with Gasteiger partial charge in [0.2, 0.25) is 0 Å². The van der Waals surface area contributed by atoms with E-state index >= 15 is 0 Å². The number of rotatable bonds is 3. The van der Waals surface area contributed by atoms with Gasteiger partial charge < -0.3 is 15.2 Å². The lowest BCUT2D eigenvalue weighted by Crippen LogP contribution is -2.28. The Hall–Kier alpha value is -2.01. The Bertz CT molecular complexity index is 653. The van der Waals surface area contributed by atoms with Crippen molar-refractivity contribution in [2.75, 3.05) is 13.7 Å². The number of carbonyl (C=O) groups is 1. The van der Waals surface area contributed by atoms with Crippen LogP contribution in [-0.2, 0) is 11.2 Å². The fraction of sp³-hybridized carbons (Fsp3) is 0.438. The lowest BCUT2D eigenvalue weighted by molar-refractivity contribution is 0.0540. The third kappa shape index (κ3) is 3.36. The smallest absolute Gasteiger partial charge is 0.419 e. The van der Waals surface area contributed by atoms with Gasteiger partial charge in [-0.3, -0.25) is 0 Å². The quantitative estimate of drug-likeness (QED) is 0.943. The molecule has 1 heterocycles. The Morgan fingerprint density at radius 3 is 2.57 bits per heavy atom. The molecule has 0 aliphatic heterocycles. The molecule has 0 aliphatic carbocycles. The highest BCUT2D eigenvalue weighted by Crippen LogP contribution is 2.26. The average Bonchev–Trinajstić information content (AvgIpc) is 2.74. The van der Waals surface area contributed by atoms with Crippen molar-refractivity contribution in [2.45, 2.75) is 32.8 Å². The zero-order valence-corrected chi connectivity index (χ0v) is 13.0. The minimum absolute atomic E-state index is 0.394. The fourth-order valence-electron chi connectivity index (χ4n) is 2.22. The maximum absolute atomic E-state index is 12.5. The molecule has 5 heteroatoms. The van der Waals surface area contributed by atoms with E-state index in [1.54, 1.807) is 11.7 Å². The Kier molecular flexibility index (Phi) is 4.23. The van der Waals surface area contributed by atoms with Gasteiger partial charge in [0.15, 0.2) is 0 Å². The molecule has 0 amide bonds. The fourth-order valence-corrected chi connectivity index (χ4v) is 2.22. The molecule has 2 rings (SSSR count). The zero-order chi connectivity index (χ0) is 15.6. The number of hydrogen-bond acceptors (Lipinski definition) is 4. The van der Waals surface area contributed by atoms with Crippen molar-refractivity contribution in [1.29, 1.82) is 0 Å². The predicted molar refractivity (Wildman–Crippen MR) is 82.9 cm³/mol. The Morgan fingerprint density at radius 1 is 1.29 bits per heavy atom. The van der Waals surface area contributed by atoms with E-state index in [0.717, 1.165) is 16.6 Å². The van der Waals surface area contributed by atoms with Gasteiger partial charge in [-0.15, -0.1) is 0 Å². The number of nitrogens with two attached hydrogens (primary N) is 1. The van der Waals surface area contributed by atoms with Gasteiger partial charge in [-0.05, 0) is 45.5 Å². The molecule has 114 valence electrons. The van der Waals surface area contributed by atoms with E-state index in [-0.39, 0.29) is 0 Å². The topological polar surface area (TPSA) is 66.5 Å². The van der Waals surface area contributed by atoms with E-state index in [0.29, 0.717) is 18.7 Å². The molecule has 0 atom stereocenters. The summed E-state index contributed by atoms with van der Waals surface area (Å²) in [5, 5.41) is 0.963. The molecule has 1 aromatic carbocycles. The first kappa shape index (κ1) is 15.4. The molecule has 1 aromatic heterocycles. The Labute approximate surface area is 124 Å². The number of hydrogen-bond donors (Lipinski definition) is 1. The second-order valence-corrected chi connectivity index (χ2v) is 5.91. The van der Waals surface area contributed by atoms with Gasteiger partial charge in [0.1, 0.15) is 11.4 Å². The van der Waals surface area contributed by atoms with Crippen molar-refractivity contribution in [1.82, 2.24) is 4.57 Å². The van der Waals surface area contributed by atoms with E-state index < -0.39 is 11.7 Å². The first-order valence-electron chi connectivity index (χ1n) is 6.97. The standard InChI is InChI=1S/C16H22N2O3/c1-16(2,3)21-15(19)18-12(7-8-17)9-11-5-6-13(20-4)10-14(11)18/h5-6,9-10H,7-8,17H2,1-4H3. The molecule has 0 saturated heterocycles. The summed E-state index contributed by atoms with van der Waals surface area (Å²) in [6.45, 7) is 6.01. The van der Waals surface area contributed by atoms with Crippen molar-refractivity contribution >= 4 is 17.0 Å². The number of nitrogens with zero attached hydrogens (tertiary/aromatic N) is 1. The normalized spacial score (nSPS) is 11.7. The minimum Gasteiger partial charge on any atom is -0.497 e. The molecule has 0 aliphatic rings. The first-order valence-corrected chi connectivity index (χ1v) is 6.97. The van der Waals surface area contributed by atoms with Crippen molar-refractivity contribution in [2.24, 2.45) is 5.73 Å². The van der Waals surface area contributed by atoms with Gasteiger partial charge in [-0.25, -0.2) is 9.36 Å². The van der Waals surface area contributed by atoms with Crippen LogP contribution < -0.4 is 10.5 Å². The highest BCUT2D eigenvalue weighted by Gasteiger charge is 2.22. The van der Waals surface area contributed by atoms with Crippen LogP contribution in [-0.4, -0.2) is 29.9 Å². The molecule has 0 bridgehead atoms. The van der Waals surface area contributed by atoms with E-state index in [1.807, 2.05) is 45.0 Å². The SMILES string of the molecule is COc1ccc2cc(CCN)n(C(=O)OC(C)(C)C)c2c1. The summed E-state index contributed by atoms with van der Waals surface area (Å²) in [4.78, 5) is 12.5. The third-order valence-electron chi connectivity index (χ3n) is 3.06. The van der Waals surface area contributed by atoms with Gasteiger partial charge >= 0.3 is 6.09 Å². The summed E-state index contributed by atoms with van der Waals surface area (Å²) < 4.78 is 12.3. The van der Waals surface area contributed by atoms with E-state index in [2.05, 4.69) is 0 Å². The molecule has 0 spiro atoms. The summed E-state index contributed by atoms with van der Waals surface area (Å²) in [5.74, 6) is 0.699. The molecule has 5 nitrogen and oxygen atoms in total. The number of methoxy groups -OCH3 is 1. The molecule has 0 saturated carbocycles. The number of aromatic nitrogens is 1. The minimum atomic E-state index is -0.549. The zero-order valence-electron chi connectivity index (χ0n) is 13.0. The molecule has 2 aromatic rings. The van der Waals surface area contributed by atoms with Gasteiger partial charge in [0.05, 0.1) is 12.6 Å². The predicted octanol–water partition coefficient (Wildman–Crippen LogP) is 2.93. The van der Waals surface area contributed by atoms with E-state index in [1.165, 1.54) is 0 Å². The molecule has 21 heavy (non-hydrogen) atoms. The van der Waals surface area contributed by atoms with Crippen LogP contribution in [0.25, 0.3) is 10.9 Å². The van der Waals surface area contributed by atoms with Crippen LogP contribution in [0.1, 0.15) is 26.5 Å². The maximum Gasteiger partial charge on any atom is 0.419 e. The van der Waals surface area contributed by atoms with Crippen molar-refractivity contribution in [3.63, 3.8) is 0 Å². The lowest BCUT2D eigenvalue weighted by Gasteiger charge is -2.21. The second kappa shape index (κ2) is 5.77. The molecular weight excluding hydrogens is 268 g/mol. The van der Waals surface area contributed by atoms with E-state index in [9.17, 15) is 4.79 Å². The second-order valence-electron chi connectivity index (χ2n) is 5.91. The monoisotopic (exact) mass is 290 g/mol. The molecule has 2 N–H and O–H groups in total. The summed E-state index contributed by atoms with van der Waals surface area (Å²) in [7, 11) is 1.60. The Morgan fingerprint density at radius 2 is 2.00 bits per heavy atom. The Balaban J connectivity index is 2.56. The number of ether oxygens (including phenoxy) is 2. The highest BCUT2D eigenvalue weighted by molar-refractivity contribution is 5.91. The van der Waals surface area contributed by atoms with Crippen molar-refractivity contribution in [3.8, 4) is 5.75 Å². The first-order chi connectivity index (χ1) is 9.85. The van der Waals surface area contributed by atoms with Crippen LogP contribution in [0, 0.1) is 0 Å². The number of fused-ring (bicyclic) bond motifs is 1. The molecule has 0 radical (unpaired) electrons. The third-order valence-corrected chi connectivity index (χ3v) is 3.06. The summed E-state index contributed by atoms with van der Waals surface area (Å²) in [6, 6.07) is 7.59. The number of benzene rings is 1. The molecular formula is C16H22N2O3. The van der Waals surface area contributed by atoms with Crippen LogP contribution in [0.4, 0.5) is 4.79 Å². The van der Waals surface area contributed by atoms with Crippen LogP contribution in [0.2, 0.25) is 0 Å². The summed E-state index contributed by atoms with van der Waals surface area (Å²) in [6.07, 6.45) is 0.213. The number of carbonyl (C=O) groups excluding carboxylic acids is 1. The molecule has 0 fully saturated rings. The van der Waals surface area contributed by atoms with Crippen molar-refractivity contribution < 1.29 is 14.3 Å². The van der Waals surface area contributed by atoms with Gasteiger partial charge in [0, 0.05) is 23.6 Å². The van der Waals surface area contributed by atoms with Crippen LogP contribution >= 0.6 is 0 Å². The summed E-state index contributed by atoms with van der Waals surface area (Å²) in [5.41, 5.74) is 6.71. The van der Waals surface area contributed by atoms with Crippen molar-refractivity contribution in [3.05, 3.63) is 30.0 Å². The van der Waals surface area contributed by atoms with Crippen LogP contribution in [0.5, 0.6) is 5.75 Å². The van der Waals surface area contributed by atoms with Crippen LogP contribution in [0.15, 0.2) is 24.3 Å². The van der Waals surface area contributed by atoms with Gasteiger partial charge in [-0.1, -0.05) is 0 Å². The summed E-state index contributed by atoms with van der Waals surface area (Å²) >= 11 is 0. The van der Waals surface area contributed by atoms with E-state index in [4.69, 9.17) is 15.2 Å².